The molecule has 0 bridgehead atoms. The van der Waals surface area contributed by atoms with Crippen molar-refractivity contribution in [2.75, 3.05) is 13.2 Å². The average molecular weight is 238 g/mol. The first-order valence-electron chi connectivity index (χ1n) is 6.44. The smallest absolute Gasteiger partial charge is 0.140 e. The molecule has 1 aromatic rings. The summed E-state index contributed by atoms with van der Waals surface area (Å²) >= 11 is 0. The minimum absolute atomic E-state index is 0.320. The molecule has 2 heterocycles. The van der Waals surface area contributed by atoms with E-state index in [-0.39, 0.29) is 0 Å². The minimum Gasteiger partial charge on any atom is -0.376 e. The highest BCUT2D eigenvalue weighted by molar-refractivity contribution is 4.85. The van der Waals surface area contributed by atoms with Crippen molar-refractivity contribution >= 4 is 0 Å². The predicted octanol–water partition coefficient (Wildman–Crippen LogP) is 1.20. The highest BCUT2D eigenvalue weighted by atomic mass is 16.5. The molecule has 96 valence electrons. The predicted molar refractivity (Wildman–Crippen MR) is 65.5 cm³/mol. The van der Waals surface area contributed by atoms with Crippen molar-refractivity contribution < 1.29 is 4.74 Å². The van der Waals surface area contributed by atoms with Gasteiger partial charge in [-0.15, -0.1) is 0 Å². The van der Waals surface area contributed by atoms with Crippen LogP contribution in [0.4, 0.5) is 0 Å². The van der Waals surface area contributed by atoms with Gasteiger partial charge in [0, 0.05) is 6.61 Å². The van der Waals surface area contributed by atoms with E-state index >= 15 is 0 Å². The Hall–Kier alpha value is -0.940. The van der Waals surface area contributed by atoms with Crippen LogP contribution in [-0.4, -0.2) is 34.0 Å². The van der Waals surface area contributed by atoms with Gasteiger partial charge in [-0.3, -0.25) is 0 Å². The summed E-state index contributed by atoms with van der Waals surface area (Å²) in [6.07, 6.45) is 4.25. The summed E-state index contributed by atoms with van der Waals surface area (Å²) in [4.78, 5) is 4.29. The molecule has 1 saturated heterocycles. The van der Waals surface area contributed by atoms with Gasteiger partial charge in [0.1, 0.15) is 12.2 Å². The molecule has 17 heavy (non-hydrogen) atoms. The van der Waals surface area contributed by atoms with E-state index in [1.807, 2.05) is 4.68 Å². The zero-order chi connectivity index (χ0) is 12.1. The molecule has 1 aromatic heterocycles. The number of hydrogen-bond donors (Lipinski definition) is 1. The van der Waals surface area contributed by atoms with Gasteiger partial charge in [-0.1, -0.05) is 13.8 Å². The van der Waals surface area contributed by atoms with Crippen molar-refractivity contribution in [2.45, 2.75) is 45.9 Å². The first-order valence-corrected chi connectivity index (χ1v) is 6.44. The Morgan fingerprint density at radius 3 is 3.18 bits per heavy atom. The zero-order valence-electron chi connectivity index (χ0n) is 10.7. The van der Waals surface area contributed by atoms with Gasteiger partial charge in [0.25, 0.3) is 0 Å². The summed E-state index contributed by atoms with van der Waals surface area (Å²) in [6, 6.07) is 0. The number of nitrogens with one attached hydrogen (secondary N) is 1. The highest BCUT2D eigenvalue weighted by Crippen LogP contribution is 2.14. The lowest BCUT2D eigenvalue weighted by Gasteiger charge is -2.12. The molecule has 2 rings (SSSR count). The van der Waals surface area contributed by atoms with Crippen LogP contribution in [0.3, 0.4) is 0 Å². The van der Waals surface area contributed by atoms with Crippen LogP contribution < -0.4 is 5.32 Å². The Morgan fingerprint density at radius 2 is 2.47 bits per heavy atom. The van der Waals surface area contributed by atoms with E-state index in [9.17, 15) is 0 Å². The Labute approximate surface area is 103 Å². The lowest BCUT2D eigenvalue weighted by Crippen LogP contribution is -2.24. The Balaban J connectivity index is 1.83. The van der Waals surface area contributed by atoms with E-state index < -0.39 is 0 Å². The van der Waals surface area contributed by atoms with E-state index in [4.69, 9.17) is 4.74 Å². The summed E-state index contributed by atoms with van der Waals surface area (Å²) in [6.45, 7) is 7.91. The van der Waals surface area contributed by atoms with Crippen molar-refractivity contribution in [1.29, 1.82) is 0 Å². The monoisotopic (exact) mass is 238 g/mol. The minimum atomic E-state index is 0.320. The maximum absolute atomic E-state index is 5.61. The third kappa shape index (κ3) is 3.78. The van der Waals surface area contributed by atoms with Gasteiger partial charge in [0.2, 0.25) is 0 Å². The first kappa shape index (κ1) is 12.5. The van der Waals surface area contributed by atoms with Crippen LogP contribution in [0.2, 0.25) is 0 Å². The van der Waals surface area contributed by atoms with Crippen LogP contribution in [-0.2, 0) is 17.8 Å². The Kier molecular flexibility index (Phi) is 4.50. The van der Waals surface area contributed by atoms with Crippen LogP contribution in [0, 0.1) is 5.92 Å². The molecule has 0 aliphatic carbocycles. The summed E-state index contributed by atoms with van der Waals surface area (Å²) in [5, 5.41) is 7.65. The number of ether oxygens (including phenoxy) is 1. The quantitative estimate of drug-likeness (QED) is 0.809. The Morgan fingerprint density at radius 1 is 1.59 bits per heavy atom. The molecule has 1 fully saturated rings. The highest BCUT2D eigenvalue weighted by Gasteiger charge is 2.17. The molecule has 5 nitrogen and oxygen atoms in total. The van der Waals surface area contributed by atoms with Gasteiger partial charge in [-0.2, -0.15) is 5.10 Å². The number of rotatable bonds is 6. The van der Waals surface area contributed by atoms with Crippen molar-refractivity contribution in [3.05, 3.63) is 12.2 Å². The third-order valence-corrected chi connectivity index (χ3v) is 2.93. The molecule has 0 radical (unpaired) electrons. The SMILES string of the molecule is CC(C)CNCc1ncnn1CC1CCCO1. The number of hydrogen-bond acceptors (Lipinski definition) is 4. The molecule has 0 spiro atoms. The van der Waals surface area contributed by atoms with Gasteiger partial charge in [0.05, 0.1) is 19.2 Å². The molecular formula is C12H22N4O. The second-order valence-corrected chi connectivity index (χ2v) is 5.02. The maximum Gasteiger partial charge on any atom is 0.140 e. The molecule has 1 atom stereocenters. The standard InChI is InChI=1S/C12H22N4O/c1-10(2)6-13-7-12-14-9-15-16(12)8-11-4-3-5-17-11/h9-11,13H,3-8H2,1-2H3. The van der Waals surface area contributed by atoms with Crippen LogP contribution in [0.1, 0.15) is 32.5 Å². The molecule has 1 aliphatic heterocycles. The van der Waals surface area contributed by atoms with Crippen molar-refractivity contribution in [3.63, 3.8) is 0 Å². The summed E-state index contributed by atoms with van der Waals surface area (Å²) in [5.41, 5.74) is 0. The summed E-state index contributed by atoms with van der Waals surface area (Å²) < 4.78 is 7.58. The number of nitrogens with zero attached hydrogens (tertiary/aromatic N) is 3. The molecule has 5 heteroatoms. The topological polar surface area (TPSA) is 52.0 Å². The van der Waals surface area contributed by atoms with Crippen molar-refractivity contribution in [3.8, 4) is 0 Å². The van der Waals surface area contributed by atoms with E-state index in [0.717, 1.165) is 38.5 Å². The maximum atomic E-state index is 5.61. The van der Waals surface area contributed by atoms with Gasteiger partial charge < -0.3 is 10.1 Å². The van der Waals surface area contributed by atoms with Crippen LogP contribution in [0.25, 0.3) is 0 Å². The zero-order valence-corrected chi connectivity index (χ0v) is 10.7. The Bertz CT molecular complexity index is 331. The fourth-order valence-corrected chi connectivity index (χ4v) is 2.03. The van der Waals surface area contributed by atoms with Crippen LogP contribution in [0.5, 0.6) is 0 Å². The fourth-order valence-electron chi connectivity index (χ4n) is 2.03. The van der Waals surface area contributed by atoms with Gasteiger partial charge in [-0.25, -0.2) is 9.67 Å². The molecule has 1 aliphatic rings. The van der Waals surface area contributed by atoms with Gasteiger partial charge >= 0.3 is 0 Å². The second kappa shape index (κ2) is 6.12. The lowest BCUT2D eigenvalue weighted by atomic mass is 10.2. The number of aromatic nitrogens is 3. The van der Waals surface area contributed by atoms with Gasteiger partial charge in [-0.05, 0) is 25.3 Å². The fraction of sp³-hybridized carbons (Fsp3) is 0.833. The first-order chi connectivity index (χ1) is 8.25. The molecule has 0 amide bonds. The van der Waals surface area contributed by atoms with E-state index in [2.05, 4.69) is 29.2 Å². The van der Waals surface area contributed by atoms with Crippen molar-refractivity contribution in [2.24, 2.45) is 5.92 Å². The summed E-state index contributed by atoms with van der Waals surface area (Å²) in [5.74, 6) is 1.66. The third-order valence-electron chi connectivity index (χ3n) is 2.93. The van der Waals surface area contributed by atoms with E-state index in [0.29, 0.717) is 12.0 Å². The van der Waals surface area contributed by atoms with E-state index in [1.165, 1.54) is 6.42 Å². The summed E-state index contributed by atoms with van der Waals surface area (Å²) in [7, 11) is 0. The van der Waals surface area contributed by atoms with Crippen LogP contribution >= 0.6 is 0 Å². The second-order valence-electron chi connectivity index (χ2n) is 5.02. The molecular weight excluding hydrogens is 216 g/mol. The van der Waals surface area contributed by atoms with E-state index in [1.54, 1.807) is 6.33 Å². The average Bonchev–Trinajstić information content (AvgIpc) is 2.91. The van der Waals surface area contributed by atoms with Crippen LogP contribution in [0.15, 0.2) is 6.33 Å². The largest absolute Gasteiger partial charge is 0.376 e. The molecule has 1 unspecified atom stereocenters. The normalized spacial score (nSPS) is 20.3. The molecule has 0 saturated carbocycles. The molecule has 1 N–H and O–H groups in total. The van der Waals surface area contributed by atoms with Crippen molar-refractivity contribution in [1.82, 2.24) is 20.1 Å². The van der Waals surface area contributed by atoms with Gasteiger partial charge in [0.15, 0.2) is 0 Å². The molecule has 0 aromatic carbocycles. The lowest BCUT2D eigenvalue weighted by molar-refractivity contribution is 0.0929.